The highest BCUT2D eigenvalue weighted by Gasteiger charge is 2.37. The second-order valence-corrected chi connectivity index (χ2v) is 8.88. The van der Waals surface area contributed by atoms with E-state index in [1.807, 2.05) is 0 Å². The minimum absolute atomic E-state index is 0. The summed E-state index contributed by atoms with van der Waals surface area (Å²) in [5.41, 5.74) is -0.214. The summed E-state index contributed by atoms with van der Waals surface area (Å²) in [6.45, 7) is -0.242. The third-order valence-corrected chi connectivity index (χ3v) is 7.03. The van der Waals surface area contributed by atoms with Crippen LogP contribution < -0.4 is 9.03 Å². The molecule has 140 valence electrons. The SMILES string of the molecule is C.O=CC1CN(c2cccc(S(=O)(=O)c3ccccc3)c2O)S(=O)(=O)N1. The highest BCUT2D eigenvalue weighted by molar-refractivity contribution is 7.92. The molecule has 1 heterocycles. The number of aldehydes is 1. The summed E-state index contributed by atoms with van der Waals surface area (Å²) in [7, 11) is -8.09. The standard InChI is InChI=1S/C15H14N2O6S2.CH4/c18-10-11-9-17(25(22,23)16-11)13-7-4-8-14(15(13)19)24(20,21)12-5-2-1-3-6-12;/h1-8,10-11,16,19H,9H2;1H4. The van der Waals surface area contributed by atoms with Crippen molar-refractivity contribution in [1.82, 2.24) is 4.72 Å². The summed E-state index contributed by atoms with van der Waals surface area (Å²) in [4.78, 5) is 10.4. The second-order valence-electron chi connectivity index (χ2n) is 5.34. The number of benzene rings is 2. The smallest absolute Gasteiger partial charge is 0.302 e. The molecule has 3 rings (SSSR count). The number of nitrogens with zero attached hydrogens (tertiary/aromatic N) is 1. The molecule has 1 aliphatic rings. The Balaban J connectivity index is 0.00000243. The summed E-state index contributed by atoms with van der Waals surface area (Å²) < 4.78 is 52.5. The summed E-state index contributed by atoms with van der Waals surface area (Å²) in [5, 5.41) is 10.4. The molecule has 0 aromatic heterocycles. The Kier molecular flexibility index (Phi) is 5.40. The molecule has 8 nitrogen and oxygen atoms in total. The van der Waals surface area contributed by atoms with Crippen LogP contribution >= 0.6 is 0 Å². The van der Waals surface area contributed by atoms with Crippen LogP contribution in [0.1, 0.15) is 7.43 Å². The van der Waals surface area contributed by atoms with Crippen LogP contribution in [0.3, 0.4) is 0 Å². The molecule has 1 aliphatic heterocycles. The minimum Gasteiger partial charge on any atom is -0.504 e. The summed E-state index contributed by atoms with van der Waals surface area (Å²) in [6, 6.07) is 10.3. The van der Waals surface area contributed by atoms with Gasteiger partial charge in [0.25, 0.3) is 0 Å². The molecular weight excluding hydrogens is 380 g/mol. The van der Waals surface area contributed by atoms with Gasteiger partial charge in [-0.15, -0.1) is 0 Å². The maximum absolute atomic E-state index is 12.7. The van der Waals surface area contributed by atoms with E-state index in [2.05, 4.69) is 4.72 Å². The van der Waals surface area contributed by atoms with E-state index in [1.165, 1.54) is 42.5 Å². The van der Waals surface area contributed by atoms with Crippen molar-refractivity contribution in [3.8, 4) is 5.75 Å². The molecule has 0 aliphatic carbocycles. The van der Waals surface area contributed by atoms with Crippen molar-refractivity contribution in [3.05, 3.63) is 48.5 Å². The average Bonchev–Trinajstić information content (AvgIpc) is 2.90. The van der Waals surface area contributed by atoms with Crippen LogP contribution in [0.25, 0.3) is 0 Å². The van der Waals surface area contributed by atoms with Crippen molar-refractivity contribution >= 4 is 32.0 Å². The van der Waals surface area contributed by atoms with E-state index < -0.39 is 36.7 Å². The quantitative estimate of drug-likeness (QED) is 0.744. The van der Waals surface area contributed by atoms with Gasteiger partial charge in [0, 0.05) is 0 Å². The van der Waals surface area contributed by atoms with Crippen LogP contribution in [0, 0.1) is 0 Å². The van der Waals surface area contributed by atoms with E-state index in [0.29, 0.717) is 6.29 Å². The average molecular weight is 398 g/mol. The normalized spacial score (nSPS) is 18.9. The lowest BCUT2D eigenvalue weighted by atomic mass is 10.2. The monoisotopic (exact) mass is 398 g/mol. The van der Waals surface area contributed by atoms with Crippen molar-refractivity contribution in [2.45, 2.75) is 23.3 Å². The van der Waals surface area contributed by atoms with Gasteiger partial charge in [0.1, 0.15) is 11.2 Å². The zero-order valence-electron chi connectivity index (χ0n) is 12.7. The molecule has 0 radical (unpaired) electrons. The first-order valence-corrected chi connectivity index (χ1v) is 10.1. The number of phenolic OH excluding ortho intramolecular Hbond substituents is 1. The van der Waals surface area contributed by atoms with Crippen molar-refractivity contribution in [1.29, 1.82) is 0 Å². The van der Waals surface area contributed by atoms with Crippen molar-refractivity contribution in [2.24, 2.45) is 0 Å². The van der Waals surface area contributed by atoms with Gasteiger partial charge in [0.2, 0.25) is 9.84 Å². The number of hydrogen-bond acceptors (Lipinski definition) is 6. The first-order valence-electron chi connectivity index (χ1n) is 7.15. The largest absolute Gasteiger partial charge is 0.504 e. The molecule has 1 atom stereocenters. The van der Waals surface area contributed by atoms with Gasteiger partial charge in [-0.2, -0.15) is 13.1 Å². The third kappa shape index (κ3) is 3.30. The zero-order valence-corrected chi connectivity index (χ0v) is 14.4. The van der Waals surface area contributed by atoms with Crippen molar-refractivity contribution < 1.29 is 26.7 Å². The van der Waals surface area contributed by atoms with Crippen LogP contribution in [0.2, 0.25) is 0 Å². The lowest BCUT2D eigenvalue weighted by Gasteiger charge is -2.18. The number of anilines is 1. The Hall–Kier alpha value is -2.43. The number of carbonyl (C=O) groups is 1. The third-order valence-electron chi connectivity index (χ3n) is 3.71. The van der Waals surface area contributed by atoms with Gasteiger partial charge in [-0.25, -0.2) is 8.42 Å². The lowest BCUT2D eigenvalue weighted by Crippen LogP contribution is -2.30. The predicted molar refractivity (Wildman–Crippen MR) is 96.0 cm³/mol. The first kappa shape index (κ1) is 19.9. The number of aromatic hydroxyl groups is 1. The Labute approximate surface area is 152 Å². The van der Waals surface area contributed by atoms with E-state index in [0.717, 1.165) is 4.31 Å². The number of phenols is 1. The fourth-order valence-corrected chi connectivity index (χ4v) is 5.31. The highest BCUT2D eigenvalue weighted by atomic mass is 32.2. The van der Waals surface area contributed by atoms with Gasteiger partial charge in [0.05, 0.1) is 23.2 Å². The Bertz CT molecular complexity index is 1020. The van der Waals surface area contributed by atoms with Crippen molar-refractivity contribution in [2.75, 3.05) is 10.8 Å². The van der Waals surface area contributed by atoms with Crippen LogP contribution in [-0.2, 0) is 24.8 Å². The zero-order chi connectivity index (χ0) is 18.2. The molecule has 1 unspecified atom stereocenters. The van der Waals surface area contributed by atoms with Crippen LogP contribution in [-0.4, -0.2) is 40.8 Å². The Morgan fingerprint density at radius 1 is 1.12 bits per heavy atom. The fourth-order valence-electron chi connectivity index (χ4n) is 2.52. The highest BCUT2D eigenvalue weighted by Crippen LogP contribution is 2.38. The number of para-hydroxylation sites is 1. The molecule has 2 aromatic carbocycles. The molecule has 10 heteroatoms. The number of rotatable bonds is 4. The Morgan fingerprint density at radius 2 is 1.77 bits per heavy atom. The number of hydrogen-bond donors (Lipinski definition) is 2. The van der Waals surface area contributed by atoms with E-state index in [9.17, 15) is 26.7 Å². The van der Waals surface area contributed by atoms with Crippen molar-refractivity contribution in [3.63, 3.8) is 0 Å². The maximum Gasteiger partial charge on any atom is 0.302 e. The van der Waals surface area contributed by atoms with Gasteiger partial charge in [0.15, 0.2) is 5.75 Å². The molecule has 1 saturated heterocycles. The van der Waals surface area contributed by atoms with Crippen LogP contribution in [0.4, 0.5) is 5.69 Å². The maximum atomic E-state index is 12.7. The van der Waals surface area contributed by atoms with Gasteiger partial charge >= 0.3 is 10.2 Å². The summed E-state index contributed by atoms with van der Waals surface area (Å²) >= 11 is 0. The lowest BCUT2D eigenvalue weighted by molar-refractivity contribution is -0.108. The topological polar surface area (TPSA) is 121 Å². The van der Waals surface area contributed by atoms with Gasteiger partial charge < -0.3 is 9.90 Å². The summed E-state index contributed by atoms with van der Waals surface area (Å²) in [5.74, 6) is -0.691. The molecule has 2 aromatic rings. The Morgan fingerprint density at radius 3 is 2.35 bits per heavy atom. The molecule has 2 N–H and O–H groups in total. The summed E-state index contributed by atoms with van der Waals surface area (Å²) in [6.07, 6.45) is 0.430. The van der Waals surface area contributed by atoms with Crippen LogP contribution in [0.5, 0.6) is 5.75 Å². The fraction of sp³-hybridized carbons (Fsp3) is 0.188. The van der Waals surface area contributed by atoms with Gasteiger partial charge in [-0.3, -0.25) is 4.31 Å². The number of sulfone groups is 1. The first-order chi connectivity index (χ1) is 11.8. The minimum atomic E-state index is -4.05. The van der Waals surface area contributed by atoms with E-state index in [-0.39, 0.29) is 24.6 Å². The second kappa shape index (κ2) is 7.06. The van der Waals surface area contributed by atoms with E-state index in [1.54, 1.807) is 6.07 Å². The molecule has 1 fully saturated rings. The van der Waals surface area contributed by atoms with Gasteiger partial charge in [-0.05, 0) is 24.3 Å². The predicted octanol–water partition coefficient (Wildman–Crippen LogP) is 1.08. The molecular formula is C16H18N2O6S2. The number of nitrogens with one attached hydrogen (secondary N) is 1. The molecule has 0 saturated carbocycles. The van der Waals surface area contributed by atoms with E-state index in [4.69, 9.17) is 0 Å². The molecule has 0 spiro atoms. The van der Waals surface area contributed by atoms with E-state index >= 15 is 0 Å². The molecule has 26 heavy (non-hydrogen) atoms. The van der Waals surface area contributed by atoms with Crippen LogP contribution in [0.15, 0.2) is 58.3 Å². The van der Waals surface area contributed by atoms with Gasteiger partial charge in [-0.1, -0.05) is 31.7 Å². The molecule has 0 amide bonds. The number of carbonyl (C=O) groups excluding carboxylic acids is 1. The molecule has 0 bridgehead atoms.